The molecule has 0 saturated heterocycles. The van der Waals surface area contributed by atoms with Crippen LogP contribution in [-0.2, 0) is 38.5 Å². The van der Waals surface area contributed by atoms with Gasteiger partial charge in [0, 0.05) is 50.5 Å². The van der Waals surface area contributed by atoms with Gasteiger partial charge in [-0.15, -0.1) is 0 Å². The average molecular weight is 899 g/mol. The van der Waals surface area contributed by atoms with Crippen molar-refractivity contribution in [3.8, 4) is 0 Å². The zero-order chi connectivity index (χ0) is 44.3. The maximum atomic E-state index is 12.5. The molecule has 8 aromatic rings. The Morgan fingerprint density at radius 2 is 1.11 bits per heavy atom. The summed E-state index contributed by atoms with van der Waals surface area (Å²) in [6.07, 6.45) is 10.2. The van der Waals surface area contributed by atoms with Crippen molar-refractivity contribution in [3.05, 3.63) is 253 Å². The molecule has 2 aliphatic carbocycles. The molecule has 2 aliphatic rings. The number of carbonyl (C=O) groups excluding carboxylic acids is 2. The number of ketones is 1. The molecule has 10 heteroatoms. The number of hydrogen-bond donors (Lipinski definition) is 1. The van der Waals surface area contributed by atoms with Gasteiger partial charge in [-0.05, 0) is 157 Å². The van der Waals surface area contributed by atoms with Crippen LogP contribution in [0.4, 0.5) is 11.4 Å². The lowest BCUT2D eigenvalue weighted by atomic mass is 10.0. The number of benzene rings is 5. The molecule has 10 rings (SSSR count). The highest BCUT2D eigenvalue weighted by molar-refractivity contribution is 6.31. The monoisotopic (exact) mass is 897 g/mol. The molecule has 7 nitrogen and oxygen atoms in total. The van der Waals surface area contributed by atoms with Crippen molar-refractivity contribution in [1.82, 2.24) is 15.0 Å². The number of fused-ring (bicyclic) bond motifs is 4. The molecular weight excluding hydrogens is 857 g/mol. The van der Waals surface area contributed by atoms with Crippen LogP contribution in [0.3, 0.4) is 0 Å². The molecule has 0 spiro atoms. The lowest BCUT2D eigenvalue weighted by Crippen LogP contribution is -2.16. The minimum atomic E-state index is -0.192. The van der Waals surface area contributed by atoms with Crippen LogP contribution in [0.1, 0.15) is 71.2 Å². The SMILES string of the molecule is Clc1ccc2c(c1)CCc1cccnc1C2=Nc1ccccc1.O=C(Nc1ccccc1)c1ncccc1CCc1cccc(Cl)c1.O=C1c2ccc(Cl)cc2CCc2cccnc21. The van der Waals surface area contributed by atoms with Crippen LogP contribution < -0.4 is 5.32 Å². The Balaban J connectivity index is 0.000000133. The number of halogens is 3. The number of pyridine rings is 3. The van der Waals surface area contributed by atoms with E-state index in [9.17, 15) is 9.59 Å². The zero-order valence-electron chi connectivity index (χ0n) is 34.7. The van der Waals surface area contributed by atoms with E-state index >= 15 is 0 Å². The first-order chi connectivity index (χ1) is 31.3. The average Bonchev–Trinajstić information content (AvgIpc) is 3.56. The van der Waals surface area contributed by atoms with Crippen molar-refractivity contribution in [3.63, 3.8) is 0 Å². The van der Waals surface area contributed by atoms with Gasteiger partial charge >= 0.3 is 0 Å². The molecule has 0 unspecified atom stereocenters. The summed E-state index contributed by atoms with van der Waals surface area (Å²) >= 11 is 18.2. The summed E-state index contributed by atoms with van der Waals surface area (Å²) in [7, 11) is 0. The van der Waals surface area contributed by atoms with Gasteiger partial charge in [-0.3, -0.25) is 24.5 Å². The summed E-state index contributed by atoms with van der Waals surface area (Å²) in [5, 5.41) is 5.05. The topological polar surface area (TPSA) is 97.2 Å². The van der Waals surface area contributed by atoms with Gasteiger partial charge < -0.3 is 5.32 Å². The standard InChI is InChI=1S/C20H17ClN2O.C20H15ClN2.C14H10ClNO/c21-17-8-4-6-15(14-17)11-12-16-7-5-13-22-19(16)20(24)23-18-9-2-1-3-10-18;21-16-10-11-18-15(13-16)9-8-14-5-4-12-22-19(14)20(18)23-17-6-2-1-3-7-17;15-11-5-6-12-10(8-11)4-3-9-2-1-7-16-13(9)14(12)17/h1-10,13-14H,11-12H2,(H,23,24);1-7,10-13H,8-9H2;1-2,5-8H,3-4H2. The highest BCUT2D eigenvalue weighted by atomic mass is 35.5. The summed E-state index contributed by atoms with van der Waals surface area (Å²) in [6, 6.07) is 50.4. The van der Waals surface area contributed by atoms with Crippen molar-refractivity contribution in [1.29, 1.82) is 0 Å². The number of rotatable bonds is 6. The molecule has 316 valence electrons. The molecule has 3 heterocycles. The number of nitrogens with zero attached hydrogens (tertiary/aromatic N) is 4. The second-order valence-electron chi connectivity index (χ2n) is 15.2. The molecule has 1 N–H and O–H groups in total. The lowest BCUT2D eigenvalue weighted by Gasteiger charge is -2.10. The predicted octanol–water partition coefficient (Wildman–Crippen LogP) is 12.8. The number of nitrogens with one attached hydrogen (secondary N) is 1. The molecule has 0 fully saturated rings. The fraction of sp³-hybridized carbons (Fsp3) is 0.111. The number of aromatic nitrogens is 3. The Bertz CT molecular complexity index is 2960. The molecule has 0 saturated carbocycles. The van der Waals surface area contributed by atoms with Crippen LogP contribution in [0.2, 0.25) is 15.1 Å². The van der Waals surface area contributed by atoms with Crippen LogP contribution in [0.25, 0.3) is 0 Å². The minimum Gasteiger partial charge on any atom is -0.321 e. The van der Waals surface area contributed by atoms with Crippen molar-refractivity contribution >= 4 is 63.6 Å². The molecule has 3 aromatic heterocycles. The van der Waals surface area contributed by atoms with Crippen LogP contribution in [0, 0.1) is 0 Å². The number of para-hydroxylation sites is 2. The zero-order valence-corrected chi connectivity index (χ0v) is 37.0. The maximum Gasteiger partial charge on any atom is 0.274 e. The molecular formula is C54H42Cl3N5O2. The number of hydrogen-bond acceptors (Lipinski definition) is 6. The molecule has 64 heavy (non-hydrogen) atoms. The number of carbonyl (C=O) groups is 2. The number of aliphatic imine (C=N–C) groups is 1. The number of anilines is 1. The van der Waals surface area contributed by atoms with E-state index < -0.39 is 0 Å². The number of amides is 1. The van der Waals surface area contributed by atoms with Crippen molar-refractivity contribution < 1.29 is 9.59 Å². The second kappa shape index (κ2) is 21.1. The van der Waals surface area contributed by atoms with E-state index in [-0.39, 0.29) is 11.7 Å². The maximum absolute atomic E-state index is 12.5. The molecule has 0 bridgehead atoms. The van der Waals surface area contributed by atoms with Gasteiger partial charge in [-0.25, -0.2) is 4.99 Å². The highest BCUT2D eigenvalue weighted by Gasteiger charge is 2.23. The van der Waals surface area contributed by atoms with Crippen LogP contribution >= 0.6 is 34.8 Å². The summed E-state index contributed by atoms with van der Waals surface area (Å²) in [5.41, 5.74) is 13.0. The largest absolute Gasteiger partial charge is 0.321 e. The van der Waals surface area contributed by atoms with Gasteiger partial charge in [0.1, 0.15) is 11.4 Å². The normalized spacial score (nSPS) is 12.9. The van der Waals surface area contributed by atoms with E-state index in [2.05, 4.69) is 32.4 Å². The first-order valence-electron chi connectivity index (χ1n) is 21.0. The Labute approximate surface area is 387 Å². The van der Waals surface area contributed by atoms with E-state index in [1.54, 1.807) is 24.5 Å². The first-order valence-corrected chi connectivity index (χ1v) is 22.1. The quantitative estimate of drug-likeness (QED) is 0.179. The van der Waals surface area contributed by atoms with Crippen molar-refractivity contribution in [2.45, 2.75) is 38.5 Å². The fourth-order valence-corrected chi connectivity index (χ4v) is 8.36. The van der Waals surface area contributed by atoms with E-state index in [1.165, 1.54) is 11.1 Å². The van der Waals surface area contributed by atoms with Gasteiger partial charge in [0.15, 0.2) is 0 Å². The molecule has 0 radical (unpaired) electrons. The summed E-state index contributed by atoms with van der Waals surface area (Å²) < 4.78 is 0. The first kappa shape index (κ1) is 43.9. The van der Waals surface area contributed by atoms with E-state index in [1.807, 2.05) is 140 Å². The predicted molar refractivity (Wildman–Crippen MR) is 259 cm³/mol. The van der Waals surface area contributed by atoms with Crippen LogP contribution in [0.5, 0.6) is 0 Å². The Hall–Kier alpha value is -6.77. The smallest absolute Gasteiger partial charge is 0.274 e. The third kappa shape index (κ3) is 11.1. The van der Waals surface area contributed by atoms with E-state index in [0.29, 0.717) is 16.4 Å². The summed E-state index contributed by atoms with van der Waals surface area (Å²) in [6.45, 7) is 0. The van der Waals surface area contributed by atoms with E-state index in [0.717, 1.165) is 105 Å². The third-order valence-electron chi connectivity index (χ3n) is 10.9. The van der Waals surface area contributed by atoms with Crippen LogP contribution in [-0.4, -0.2) is 32.4 Å². The van der Waals surface area contributed by atoms with Gasteiger partial charge in [0.2, 0.25) is 5.78 Å². The van der Waals surface area contributed by atoms with Gasteiger partial charge in [-0.1, -0.05) is 108 Å². The summed E-state index contributed by atoms with van der Waals surface area (Å²) in [4.78, 5) is 42.8. The van der Waals surface area contributed by atoms with Crippen molar-refractivity contribution in [2.75, 3.05) is 5.32 Å². The molecule has 1 amide bonds. The number of aryl methyl sites for hydroxylation is 6. The molecule has 0 atom stereocenters. The van der Waals surface area contributed by atoms with Gasteiger partial charge in [0.25, 0.3) is 5.91 Å². The molecule has 0 aliphatic heterocycles. The van der Waals surface area contributed by atoms with E-state index in [4.69, 9.17) is 39.8 Å². The second-order valence-corrected chi connectivity index (χ2v) is 16.5. The molecule has 5 aromatic carbocycles. The van der Waals surface area contributed by atoms with Gasteiger partial charge in [-0.2, -0.15) is 0 Å². The third-order valence-corrected chi connectivity index (χ3v) is 11.6. The van der Waals surface area contributed by atoms with Crippen molar-refractivity contribution in [2.24, 2.45) is 4.99 Å². The fourth-order valence-electron chi connectivity index (χ4n) is 7.76. The Morgan fingerprint density at radius 3 is 1.81 bits per heavy atom. The van der Waals surface area contributed by atoms with Crippen LogP contribution in [0.15, 0.2) is 181 Å². The Morgan fingerprint density at radius 1 is 0.531 bits per heavy atom. The highest BCUT2D eigenvalue weighted by Crippen LogP contribution is 2.29. The van der Waals surface area contributed by atoms with Gasteiger partial charge in [0.05, 0.1) is 17.1 Å². The Kier molecular flexibility index (Phi) is 14.4. The lowest BCUT2D eigenvalue weighted by molar-refractivity contribution is 0.101. The summed E-state index contributed by atoms with van der Waals surface area (Å²) in [5.74, 6) is -0.187. The minimum absolute atomic E-state index is 0.00441.